The Morgan fingerprint density at radius 3 is 1.53 bits per heavy atom. The fraction of sp³-hybridized carbons (Fsp3) is 0.250. The molecule has 0 radical (unpaired) electrons. The van der Waals surface area contributed by atoms with E-state index < -0.39 is 101 Å². The van der Waals surface area contributed by atoms with Gasteiger partial charge in [-0.3, -0.25) is 9.59 Å². The number of carbonyl (C=O) groups is 4. The number of rotatable bonds is 9. The van der Waals surface area contributed by atoms with Crippen LogP contribution in [0.25, 0.3) is 5.57 Å². The van der Waals surface area contributed by atoms with E-state index in [1.54, 1.807) is 60.7 Å². The van der Waals surface area contributed by atoms with Crippen LogP contribution in [0.5, 0.6) is 0 Å². The lowest BCUT2D eigenvalue weighted by molar-refractivity contribution is -0.160. The standard InChI is InChI=1S/C20H16F5NO3.C20H14F5NO3/c2*21-14-7-13(8-15(22)9-14)17(20(23,24)25)10-18(27)26-16(11-29-19(26)28)6-12-4-2-1-3-5-12/h1-5,7-9,16-17H,6,10-11H2;1-5,7-10,16H,6,11H2/b;17-10+/t16-,17-;16-/m00/s1. The summed E-state index contributed by atoms with van der Waals surface area (Å²) in [5, 5.41) is 0. The number of alkyl halides is 6. The summed E-state index contributed by atoms with van der Waals surface area (Å²) in [6, 6.07) is 18.7. The Kier molecular flexibility index (Phi) is 13.3. The van der Waals surface area contributed by atoms with Crippen molar-refractivity contribution in [1.29, 1.82) is 0 Å². The summed E-state index contributed by atoms with van der Waals surface area (Å²) in [5.74, 6) is -9.72. The number of hydrogen-bond donors (Lipinski definition) is 0. The number of amides is 4. The van der Waals surface area contributed by atoms with Gasteiger partial charge in [0.05, 0.1) is 23.6 Å². The molecule has 8 nitrogen and oxygen atoms in total. The molecule has 4 aromatic carbocycles. The molecular formula is C40H30F10N2O6. The van der Waals surface area contributed by atoms with Gasteiger partial charge in [-0.2, -0.15) is 26.3 Å². The number of ether oxygens (including phenoxy) is 2. The molecule has 2 saturated heterocycles. The summed E-state index contributed by atoms with van der Waals surface area (Å²) in [4.78, 5) is 50.3. The van der Waals surface area contributed by atoms with Crippen molar-refractivity contribution >= 4 is 29.6 Å². The van der Waals surface area contributed by atoms with E-state index in [0.717, 1.165) is 11.1 Å². The number of carbonyl (C=O) groups excluding carboxylic acids is 4. The quantitative estimate of drug-likeness (QED) is 0.124. The number of allylic oxidation sites excluding steroid dienone is 1. The highest BCUT2D eigenvalue weighted by atomic mass is 19.4. The van der Waals surface area contributed by atoms with Gasteiger partial charge in [-0.1, -0.05) is 60.7 Å². The summed E-state index contributed by atoms with van der Waals surface area (Å²) in [6.07, 6.45) is -12.8. The van der Waals surface area contributed by atoms with Crippen molar-refractivity contribution < 1.29 is 72.6 Å². The monoisotopic (exact) mass is 824 g/mol. The molecule has 4 aromatic rings. The number of hydrogen-bond acceptors (Lipinski definition) is 6. The minimum absolute atomic E-state index is 0.148. The molecular weight excluding hydrogens is 794 g/mol. The Labute approximate surface area is 323 Å². The zero-order valence-corrected chi connectivity index (χ0v) is 29.7. The molecule has 2 heterocycles. The summed E-state index contributed by atoms with van der Waals surface area (Å²) < 4.78 is 144. The van der Waals surface area contributed by atoms with Crippen LogP contribution in [0.3, 0.4) is 0 Å². The molecule has 0 aromatic heterocycles. The van der Waals surface area contributed by atoms with Crippen molar-refractivity contribution in [3.8, 4) is 0 Å². The summed E-state index contributed by atoms with van der Waals surface area (Å²) in [5.41, 5.74) is -1.64. The number of cyclic esters (lactones) is 2. The van der Waals surface area contributed by atoms with Crippen LogP contribution in [0, 0.1) is 23.3 Å². The molecule has 3 atom stereocenters. The van der Waals surface area contributed by atoms with E-state index in [9.17, 15) is 63.1 Å². The van der Waals surface area contributed by atoms with Crippen LogP contribution in [-0.4, -0.2) is 71.5 Å². The van der Waals surface area contributed by atoms with Crippen LogP contribution in [0.2, 0.25) is 0 Å². The predicted octanol–water partition coefficient (Wildman–Crippen LogP) is 9.09. The SMILES string of the molecule is O=C(/C=C(\c1cc(F)cc(F)c1)C(F)(F)F)N1C(=O)OC[C@@H]1Cc1ccccc1.O=C(C[C@@H](c1cc(F)cc(F)c1)C(F)(F)F)N1C(=O)OC[C@@H]1Cc1ccccc1. The molecule has 0 spiro atoms. The third-order valence-electron chi connectivity index (χ3n) is 8.86. The average Bonchev–Trinajstić information content (AvgIpc) is 3.69. The second-order valence-corrected chi connectivity index (χ2v) is 13.0. The van der Waals surface area contributed by atoms with E-state index in [4.69, 9.17) is 9.47 Å². The summed E-state index contributed by atoms with van der Waals surface area (Å²) in [6.45, 7) is -0.325. The topological polar surface area (TPSA) is 93.2 Å². The molecule has 2 aliphatic rings. The molecule has 18 heteroatoms. The summed E-state index contributed by atoms with van der Waals surface area (Å²) in [7, 11) is 0. The van der Waals surface area contributed by atoms with Crippen molar-refractivity contribution in [2.45, 2.75) is 49.6 Å². The van der Waals surface area contributed by atoms with Crippen LogP contribution >= 0.6 is 0 Å². The first kappa shape index (κ1) is 42.9. The summed E-state index contributed by atoms with van der Waals surface area (Å²) >= 11 is 0. The Bertz CT molecular complexity index is 2120. The maximum atomic E-state index is 13.5. The van der Waals surface area contributed by atoms with Crippen LogP contribution in [0.4, 0.5) is 53.5 Å². The molecule has 2 aliphatic heterocycles. The van der Waals surface area contributed by atoms with Crippen molar-refractivity contribution in [3.05, 3.63) is 149 Å². The molecule has 0 unspecified atom stereocenters. The fourth-order valence-electron chi connectivity index (χ4n) is 6.27. The van der Waals surface area contributed by atoms with E-state index in [0.29, 0.717) is 46.2 Å². The second kappa shape index (κ2) is 17.9. The molecule has 4 amide bonds. The van der Waals surface area contributed by atoms with Gasteiger partial charge in [-0.15, -0.1) is 0 Å². The first-order valence-electron chi connectivity index (χ1n) is 17.1. The van der Waals surface area contributed by atoms with Crippen LogP contribution in [-0.2, 0) is 31.9 Å². The number of benzene rings is 4. The largest absolute Gasteiger partial charge is 0.447 e. The third kappa shape index (κ3) is 11.0. The van der Waals surface area contributed by atoms with Gasteiger partial charge in [0.1, 0.15) is 36.5 Å². The lowest BCUT2D eigenvalue weighted by Gasteiger charge is -2.24. The van der Waals surface area contributed by atoms with Crippen molar-refractivity contribution in [2.75, 3.05) is 13.2 Å². The van der Waals surface area contributed by atoms with Gasteiger partial charge in [-0.25, -0.2) is 37.0 Å². The lowest BCUT2D eigenvalue weighted by atomic mass is 9.93. The normalized spacial score (nSPS) is 17.7. The first-order chi connectivity index (χ1) is 27.3. The highest BCUT2D eigenvalue weighted by molar-refractivity contribution is 6.04. The fourth-order valence-corrected chi connectivity index (χ4v) is 6.27. The molecule has 0 bridgehead atoms. The number of imide groups is 2. The average molecular weight is 825 g/mol. The Morgan fingerprint density at radius 2 is 1.09 bits per heavy atom. The zero-order valence-electron chi connectivity index (χ0n) is 29.7. The van der Waals surface area contributed by atoms with Crippen LogP contribution < -0.4 is 0 Å². The molecule has 58 heavy (non-hydrogen) atoms. The van der Waals surface area contributed by atoms with E-state index in [1.165, 1.54) is 0 Å². The van der Waals surface area contributed by atoms with Gasteiger partial charge in [0.15, 0.2) is 0 Å². The molecule has 306 valence electrons. The maximum absolute atomic E-state index is 13.5. The third-order valence-corrected chi connectivity index (χ3v) is 8.86. The minimum atomic E-state index is -5.09. The van der Waals surface area contributed by atoms with Gasteiger partial charge < -0.3 is 9.47 Å². The molecule has 6 rings (SSSR count). The van der Waals surface area contributed by atoms with E-state index in [2.05, 4.69) is 0 Å². The highest BCUT2D eigenvalue weighted by Gasteiger charge is 2.46. The van der Waals surface area contributed by atoms with Gasteiger partial charge >= 0.3 is 24.5 Å². The molecule has 0 N–H and O–H groups in total. The lowest BCUT2D eigenvalue weighted by Crippen LogP contribution is -2.42. The maximum Gasteiger partial charge on any atom is 0.417 e. The van der Waals surface area contributed by atoms with Crippen LogP contribution in [0.1, 0.15) is 34.6 Å². The van der Waals surface area contributed by atoms with E-state index >= 15 is 0 Å². The molecule has 2 fully saturated rings. The molecule has 0 saturated carbocycles. The Hall–Kier alpha value is -6.20. The van der Waals surface area contributed by atoms with Crippen molar-refractivity contribution in [3.63, 3.8) is 0 Å². The predicted molar refractivity (Wildman–Crippen MR) is 184 cm³/mol. The second-order valence-electron chi connectivity index (χ2n) is 13.0. The van der Waals surface area contributed by atoms with Gasteiger partial charge in [0.2, 0.25) is 5.91 Å². The number of halogens is 10. The minimum Gasteiger partial charge on any atom is -0.447 e. The Balaban J connectivity index is 0.000000221. The molecule has 0 aliphatic carbocycles. The van der Waals surface area contributed by atoms with Gasteiger partial charge in [-0.05, 0) is 59.4 Å². The van der Waals surface area contributed by atoms with Gasteiger partial charge in [0.25, 0.3) is 5.91 Å². The van der Waals surface area contributed by atoms with E-state index in [-0.39, 0.29) is 32.1 Å². The highest BCUT2D eigenvalue weighted by Crippen LogP contribution is 2.39. The first-order valence-corrected chi connectivity index (χ1v) is 17.1. The van der Waals surface area contributed by atoms with Gasteiger partial charge in [0, 0.05) is 24.6 Å². The Morgan fingerprint density at radius 1 is 0.655 bits per heavy atom. The van der Waals surface area contributed by atoms with Crippen molar-refractivity contribution in [1.82, 2.24) is 9.80 Å². The number of nitrogens with zero attached hydrogens (tertiary/aromatic N) is 2. The van der Waals surface area contributed by atoms with E-state index in [1.807, 2.05) is 0 Å². The smallest absolute Gasteiger partial charge is 0.417 e. The van der Waals surface area contributed by atoms with Crippen LogP contribution in [0.15, 0.2) is 103 Å². The zero-order chi connectivity index (χ0) is 42.4. The van der Waals surface area contributed by atoms with Crippen molar-refractivity contribution in [2.24, 2.45) is 0 Å².